The Bertz CT molecular complexity index is 4190. The zero-order valence-electron chi connectivity index (χ0n) is 93.8. The molecule has 12 heterocycles. The number of hydrogen-bond acceptors (Lipinski definition) is 32. The van der Waals surface area contributed by atoms with Crippen molar-refractivity contribution < 1.29 is 18.9 Å². The SMILES string of the molecule is CC1(C)CC(CCCCNc2nc(NCCCN(CCN(CCCNc3nc(NCCCCC4CC(C)(C)NC(C)(C)C4)nc(OC4CC(C)(C)NC(C)(C)C4)n3)c3nc(NCCCCC4CC(C)(C)NC(C)(C)C4)nc(OC4CC(C)(C)NC(C)(C)C4)n3)c3nc(NCCCCC4CC(C)(C)NC(C)(C)C4)nc(OC4CC(C)(C)NC(C)(C)C4)n3)nc(OC3CC(C)(C)NC(C)(C)C3)n2)CC(C)(C)N1. The first-order valence-corrected chi connectivity index (χ1v) is 54.8. The van der Waals surface area contributed by atoms with E-state index in [1.54, 1.807) is 0 Å². The fourth-order valence-corrected chi connectivity index (χ4v) is 28.0. The Kier molecular flexibility index (Phi) is 36.0. The first kappa shape index (κ1) is 112. The maximum absolute atomic E-state index is 7.17. The van der Waals surface area contributed by atoms with E-state index in [9.17, 15) is 0 Å². The molecule has 140 heavy (non-hydrogen) atoms. The summed E-state index contributed by atoms with van der Waals surface area (Å²) in [4.78, 5) is 67.2. The van der Waals surface area contributed by atoms with Gasteiger partial charge in [-0.2, -0.15) is 59.8 Å². The third-order valence-electron chi connectivity index (χ3n) is 29.5. The lowest BCUT2D eigenvalue weighted by atomic mass is 9.74. The van der Waals surface area contributed by atoms with Gasteiger partial charge in [0.05, 0.1) is 0 Å². The van der Waals surface area contributed by atoms with Crippen LogP contribution in [0.3, 0.4) is 0 Å². The van der Waals surface area contributed by atoms with E-state index >= 15 is 0 Å². The molecule has 0 aromatic carbocycles. The minimum absolute atomic E-state index is 0.0758. The Morgan fingerprint density at radius 3 is 0.557 bits per heavy atom. The molecule has 14 N–H and O–H groups in total. The lowest BCUT2D eigenvalue weighted by Gasteiger charge is -2.46. The Morgan fingerprint density at radius 2 is 0.364 bits per heavy atom. The van der Waals surface area contributed by atoms with E-state index in [0.29, 0.717) is 148 Å². The highest BCUT2D eigenvalue weighted by Gasteiger charge is 2.47. The van der Waals surface area contributed by atoms with Crippen LogP contribution in [0.5, 0.6) is 24.0 Å². The summed E-state index contributed by atoms with van der Waals surface area (Å²) < 4.78 is 28.2. The number of piperidine rings is 8. The summed E-state index contributed by atoms with van der Waals surface area (Å²) in [5.41, 5.74) is -0.781. The minimum atomic E-state index is -0.211. The molecule has 8 fully saturated rings. The first-order valence-electron chi connectivity index (χ1n) is 54.8. The van der Waals surface area contributed by atoms with Crippen LogP contribution in [-0.4, -0.2) is 238 Å². The molecule has 0 saturated carbocycles. The Morgan fingerprint density at radius 1 is 0.200 bits per heavy atom. The fraction of sp³-hybridized carbons (Fsp3) is 0.889. The van der Waals surface area contributed by atoms with Gasteiger partial charge >= 0.3 is 24.0 Å². The molecular weight excluding hydrogens is 1750 g/mol. The topological polar surface area (TPSA) is 366 Å². The van der Waals surface area contributed by atoms with Crippen molar-refractivity contribution in [1.29, 1.82) is 0 Å². The first-order chi connectivity index (χ1) is 64.8. The molecule has 12 rings (SSSR count). The van der Waals surface area contributed by atoms with E-state index in [1.165, 1.54) is 38.5 Å². The third-order valence-corrected chi connectivity index (χ3v) is 29.5. The van der Waals surface area contributed by atoms with Crippen LogP contribution in [0.15, 0.2) is 0 Å². The zero-order valence-corrected chi connectivity index (χ0v) is 93.8. The van der Waals surface area contributed by atoms with E-state index in [2.05, 4.69) is 306 Å². The molecule has 794 valence electrons. The van der Waals surface area contributed by atoms with Crippen LogP contribution in [0.25, 0.3) is 0 Å². The molecule has 4 aromatic rings. The van der Waals surface area contributed by atoms with Crippen molar-refractivity contribution in [3.05, 3.63) is 0 Å². The highest BCUT2D eigenvalue weighted by molar-refractivity contribution is 5.43. The van der Waals surface area contributed by atoms with Gasteiger partial charge in [-0.25, -0.2) is 0 Å². The molecule has 8 saturated heterocycles. The number of nitrogens with one attached hydrogen (secondary N) is 14. The van der Waals surface area contributed by atoms with Crippen LogP contribution in [0, 0.1) is 23.7 Å². The van der Waals surface area contributed by atoms with E-state index in [4.69, 9.17) is 78.8 Å². The van der Waals surface area contributed by atoms with Crippen molar-refractivity contribution in [3.8, 4) is 24.0 Å². The molecule has 8 aliphatic rings. The minimum Gasteiger partial charge on any atom is -0.460 e. The van der Waals surface area contributed by atoms with Gasteiger partial charge < -0.3 is 103 Å². The van der Waals surface area contributed by atoms with Crippen LogP contribution in [0.1, 0.15) is 414 Å². The summed E-state index contributed by atoms with van der Waals surface area (Å²) in [5, 5.41) is 53.2. The average molecular weight is 1950 g/mol. The van der Waals surface area contributed by atoms with Gasteiger partial charge in [-0.1, -0.05) is 51.4 Å². The van der Waals surface area contributed by atoms with Gasteiger partial charge in [0.15, 0.2) is 0 Å². The molecule has 32 heteroatoms. The zero-order chi connectivity index (χ0) is 102. The number of hydrogen-bond donors (Lipinski definition) is 14. The third kappa shape index (κ3) is 37.4. The van der Waals surface area contributed by atoms with Gasteiger partial charge in [-0.15, -0.1) is 0 Å². The molecule has 32 nitrogen and oxygen atoms in total. The predicted molar refractivity (Wildman–Crippen MR) is 575 cm³/mol. The smallest absolute Gasteiger partial charge is 0.323 e. The van der Waals surface area contributed by atoms with Gasteiger partial charge in [0.1, 0.15) is 24.4 Å². The molecular formula is C108H198N28O4. The molecule has 0 bridgehead atoms. The monoisotopic (exact) mass is 1950 g/mol. The van der Waals surface area contributed by atoms with Gasteiger partial charge in [0, 0.05) is 205 Å². The van der Waals surface area contributed by atoms with E-state index in [0.717, 1.165) is 154 Å². The van der Waals surface area contributed by atoms with Crippen LogP contribution in [0.2, 0.25) is 0 Å². The molecule has 0 radical (unpaired) electrons. The average Bonchev–Trinajstić information content (AvgIpc) is 0.796. The van der Waals surface area contributed by atoms with Gasteiger partial charge in [-0.05, 0) is 335 Å². The van der Waals surface area contributed by atoms with Crippen molar-refractivity contribution in [2.75, 3.05) is 107 Å². The lowest BCUT2D eigenvalue weighted by Crippen LogP contribution is -2.60. The second-order valence-corrected chi connectivity index (χ2v) is 55.1. The molecule has 8 aliphatic heterocycles. The second-order valence-electron chi connectivity index (χ2n) is 55.1. The summed E-state index contributed by atoms with van der Waals surface area (Å²) in [5.74, 6) is 6.37. The largest absolute Gasteiger partial charge is 0.460 e. The van der Waals surface area contributed by atoms with E-state index < -0.39 is 0 Å². The molecule has 4 aromatic heterocycles. The predicted octanol–water partition coefficient (Wildman–Crippen LogP) is 19.1. The van der Waals surface area contributed by atoms with Crippen molar-refractivity contribution in [1.82, 2.24) is 102 Å². The highest BCUT2D eigenvalue weighted by atomic mass is 16.5. The van der Waals surface area contributed by atoms with Crippen molar-refractivity contribution in [3.63, 3.8) is 0 Å². The number of aromatic nitrogens is 12. The van der Waals surface area contributed by atoms with Crippen LogP contribution < -0.4 is 103 Å². The summed E-state index contributed by atoms with van der Waals surface area (Å²) in [6.07, 6.45) is 29.0. The number of nitrogens with zero attached hydrogens (tertiary/aromatic N) is 14. The van der Waals surface area contributed by atoms with Crippen LogP contribution >= 0.6 is 0 Å². The molecule has 0 unspecified atom stereocenters. The summed E-state index contributed by atoms with van der Waals surface area (Å²) in [6, 6.07) is 1.19. The normalized spacial score (nSPS) is 24.0. The molecule has 0 amide bonds. The standard InChI is InChI=1S/C108H198N28O4/c1-93(2)57-73(58-94(3,4)127-93)43-33-37-47-109-81-115-83(121-89(119-81)137-77-65-101(17,18)131-102(19,20)66-77)113-51-41-53-135(87-117-85(111-49-39-35-45-75-61-97(9,10)129-98(11,12)62-75)123-91(125-87)139-79-69-105(25,26)133-106(27,28)70-79)55-56-136(88-118-86(112-50-40-36-46-76-63-99(13,14)130-100(15,16)64-76)124-92(126-88)140-80-71-107(29,30)134-108(31,32)72-80)54-42-52-114-84-116-82(110-48-38-34-44-74-59-95(5,6)128-96(7,8)60-74)120-90(122-84)138-78-67-103(21,22)132-104(23,24)68-78/h73-80,127-134H,33-72H2,1-32H3,(H,111,117,123,125)(H,112,118,124,126)(H2,109,113,115,119,121)(H2,110,114,116,120,122). The maximum Gasteiger partial charge on any atom is 0.323 e. The van der Waals surface area contributed by atoms with Gasteiger partial charge in [-0.3, -0.25) is 0 Å². The number of unbranched alkanes of at least 4 members (excludes halogenated alkanes) is 4. The Labute approximate surface area is 846 Å². The van der Waals surface area contributed by atoms with Crippen molar-refractivity contribution in [2.24, 2.45) is 23.7 Å². The number of rotatable bonds is 47. The summed E-state index contributed by atoms with van der Waals surface area (Å²) >= 11 is 0. The molecule has 0 aliphatic carbocycles. The molecule has 0 atom stereocenters. The highest BCUT2D eigenvalue weighted by Crippen LogP contribution is 2.43. The molecule has 0 spiro atoms. The summed E-state index contributed by atoms with van der Waals surface area (Å²) in [7, 11) is 0. The number of ether oxygens (including phenoxy) is 4. The van der Waals surface area contributed by atoms with Crippen molar-refractivity contribution in [2.45, 2.75) is 527 Å². The van der Waals surface area contributed by atoms with Crippen LogP contribution in [-0.2, 0) is 0 Å². The Balaban J connectivity index is 0.881. The fourth-order valence-electron chi connectivity index (χ4n) is 28.0. The van der Waals surface area contributed by atoms with E-state index in [-0.39, 0.29) is 125 Å². The summed E-state index contributed by atoms with van der Waals surface area (Å²) in [6.45, 7) is 79.2. The Hall–Kier alpha value is -6.68. The van der Waals surface area contributed by atoms with Gasteiger partial charge in [0.2, 0.25) is 47.6 Å². The van der Waals surface area contributed by atoms with Crippen molar-refractivity contribution >= 4 is 47.6 Å². The quantitative estimate of drug-likeness (QED) is 0.0183. The van der Waals surface area contributed by atoms with E-state index in [1.807, 2.05) is 0 Å². The van der Waals surface area contributed by atoms with Gasteiger partial charge in [0.25, 0.3) is 0 Å². The number of anilines is 8. The second kappa shape index (κ2) is 44.9. The maximum atomic E-state index is 7.17. The van der Waals surface area contributed by atoms with Crippen LogP contribution in [0.4, 0.5) is 47.6 Å². The lowest BCUT2D eigenvalue weighted by molar-refractivity contribution is 0.0491.